The van der Waals surface area contributed by atoms with Crippen molar-refractivity contribution in [1.82, 2.24) is 0 Å². The molecule has 1 fully saturated rings. The van der Waals surface area contributed by atoms with Crippen molar-refractivity contribution in [2.75, 3.05) is 4.90 Å². The summed E-state index contributed by atoms with van der Waals surface area (Å²) in [7, 11) is 0. The fraction of sp³-hybridized carbons (Fsp3) is 0.182. The van der Waals surface area contributed by atoms with Crippen molar-refractivity contribution in [3.05, 3.63) is 88.3 Å². The van der Waals surface area contributed by atoms with Crippen molar-refractivity contribution in [3.8, 4) is 6.07 Å². The second-order valence-electron chi connectivity index (χ2n) is 6.90. The van der Waals surface area contributed by atoms with E-state index in [1.165, 1.54) is 23.3 Å². The Bertz CT molecular complexity index is 1140. The molecule has 1 aromatic heterocycles. The number of amides is 1. The molecule has 3 aromatic rings. The predicted molar refractivity (Wildman–Crippen MR) is 120 cm³/mol. The van der Waals surface area contributed by atoms with Crippen LogP contribution in [0.2, 0.25) is 5.02 Å². The number of carbonyl (C=O) groups excluding carboxylic acids is 1. The number of alkyl halides is 3. The van der Waals surface area contributed by atoms with Crippen molar-refractivity contribution in [2.45, 2.75) is 22.4 Å². The number of anilines is 1. The molecule has 0 saturated carbocycles. The summed E-state index contributed by atoms with van der Waals surface area (Å²) in [5.74, 6) is 0.579. The molecule has 2 unspecified atom stereocenters. The van der Waals surface area contributed by atoms with Gasteiger partial charge in [0.15, 0.2) is 0 Å². The lowest BCUT2D eigenvalue weighted by molar-refractivity contribution is 0.0680. The highest BCUT2D eigenvalue weighted by atomic mass is 35.6. The van der Waals surface area contributed by atoms with Gasteiger partial charge >= 0.3 is 6.09 Å². The highest BCUT2D eigenvalue weighted by molar-refractivity contribution is 6.66. The minimum Gasteiger partial charge on any atom is -0.467 e. The predicted octanol–water partition coefficient (Wildman–Crippen LogP) is 7.46. The molecular weight excluding hydrogens is 482 g/mol. The number of cyclic esters (lactones) is 1. The zero-order chi connectivity index (χ0) is 22.2. The first-order valence-corrected chi connectivity index (χ1v) is 10.7. The Balaban J connectivity index is 1.76. The largest absolute Gasteiger partial charge is 0.467 e. The molecule has 1 aliphatic rings. The van der Waals surface area contributed by atoms with E-state index in [2.05, 4.69) is 0 Å². The van der Waals surface area contributed by atoms with Gasteiger partial charge in [0.25, 0.3) is 0 Å². The van der Waals surface area contributed by atoms with E-state index in [-0.39, 0.29) is 11.1 Å². The number of rotatable bonds is 3. The van der Waals surface area contributed by atoms with E-state index in [1.54, 1.807) is 30.3 Å². The molecule has 1 saturated heterocycles. The molecule has 1 amide bonds. The fourth-order valence-electron chi connectivity index (χ4n) is 3.57. The zero-order valence-corrected chi connectivity index (χ0v) is 18.8. The van der Waals surface area contributed by atoms with Gasteiger partial charge in [-0.05, 0) is 48.0 Å². The quantitative estimate of drug-likeness (QED) is 0.353. The van der Waals surface area contributed by atoms with E-state index in [0.29, 0.717) is 22.9 Å². The number of ether oxygens (including phenoxy) is 1. The van der Waals surface area contributed by atoms with Crippen molar-refractivity contribution < 1.29 is 13.9 Å². The van der Waals surface area contributed by atoms with Gasteiger partial charge in [-0.15, -0.1) is 0 Å². The van der Waals surface area contributed by atoms with Gasteiger partial charge in [0.1, 0.15) is 17.9 Å². The van der Waals surface area contributed by atoms with Crippen molar-refractivity contribution >= 4 is 58.2 Å². The Hall–Kier alpha value is -2.36. The molecule has 0 bridgehead atoms. The lowest BCUT2D eigenvalue weighted by Crippen LogP contribution is -2.41. The Morgan fingerprint density at radius 3 is 2.45 bits per heavy atom. The summed E-state index contributed by atoms with van der Waals surface area (Å²) in [5.41, 5.74) is 1.60. The first kappa shape index (κ1) is 21.9. The van der Waals surface area contributed by atoms with Crippen LogP contribution in [0.1, 0.15) is 41.0 Å². The Morgan fingerprint density at radius 1 is 1.10 bits per heavy atom. The average Bonchev–Trinajstić information content (AvgIpc) is 3.27. The Kier molecular flexibility index (Phi) is 6.09. The summed E-state index contributed by atoms with van der Waals surface area (Å²) in [6.45, 7) is 0. The molecule has 31 heavy (non-hydrogen) atoms. The summed E-state index contributed by atoms with van der Waals surface area (Å²) in [6.07, 6.45) is 0.870. The Morgan fingerprint density at radius 2 is 1.84 bits per heavy atom. The molecule has 9 heteroatoms. The third-order valence-electron chi connectivity index (χ3n) is 5.01. The molecule has 1 aliphatic heterocycles. The molecule has 0 spiro atoms. The molecule has 4 rings (SSSR count). The zero-order valence-electron chi connectivity index (χ0n) is 15.8. The minimum atomic E-state index is -1.84. The van der Waals surface area contributed by atoms with Gasteiger partial charge in [0.2, 0.25) is 3.79 Å². The SMILES string of the molecule is N#Cc1ccc(N2C(=O)OC(c3ccc(Cl)cc3)CC2c2ccco2)cc1C(Cl)(Cl)Cl. The van der Waals surface area contributed by atoms with Gasteiger partial charge < -0.3 is 9.15 Å². The lowest BCUT2D eigenvalue weighted by atomic mass is 9.96. The van der Waals surface area contributed by atoms with Crippen LogP contribution in [0.3, 0.4) is 0 Å². The first-order chi connectivity index (χ1) is 14.8. The van der Waals surface area contributed by atoms with Crippen molar-refractivity contribution in [1.29, 1.82) is 5.26 Å². The van der Waals surface area contributed by atoms with Gasteiger partial charge in [-0.2, -0.15) is 5.26 Å². The van der Waals surface area contributed by atoms with E-state index in [1.807, 2.05) is 18.2 Å². The number of nitrogens with zero attached hydrogens (tertiary/aromatic N) is 2. The molecule has 0 radical (unpaired) electrons. The summed E-state index contributed by atoms with van der Waals surface area (Å²) in [4.78, 5) is 14.6. The lowest BCUT2D eigenvalue weighted by Gasteiger charge is -2.38. The maximum Gasteiger partial charge on any atom is 0.415 e. The molecule has 158 valence electrons. The summed E-state index contributed by atoms with van der Waals surface area (Å²) in [6, 6.07) is 16.8. The molecule has 0 aliphatic carbocycles. The van der Waals surface area contributed by atoms with Crippen LogP contribution in [0.5, 0.6) is 0 Å². The number of nitriles is 1. The topological polar surface area (TPSA) is 66.5 Å². The number of hydrogen-bond acceptors (Lipinski definition) is 4. The van der Waals surface area contributed by atoms with E-state index >= 15 is 0 Å². The number of carbonyl (C=O) groups is 1. The normalized spacial score (nSPS) is 19.1. The minimum absolute atomic E-state index is 0.170. The van der Waals surface area contributed by atoms with Crippen LogP contribution in [0, 0.1) is 11.3 Å². The number of hydrogen-bond donors (Lipinski definition) is 0. The van der Waals surface area contributed by atoms with E-state index < -0.39 is 22.0 Å². The van der Waals surface area contributed by atoms with Crippen molar-refractivity contribution in [2.24, 2.45) is 0 Å². The maximum atomic E-state index is 13.1. The van der Waals surface area contributed by atoms with Crippen LogP contribution >= 0.6 is 46.4 Å². The van der Waals surface area contributed by atoms with E-state index in [9.17, 15) is 10.1 Å². The summed E-state index contributed by atoms with van der Waals surface area (Å²) < 4.78 is 9.51. The molecule has 0 N–H and O–H groups in total. The van der Waals surface area contributed by atoms with Crippen LogP contribution in [-0.2, 0) is 8.53 Å². The summed E-state index contributed by atoms with van der Waals surface area (Å²) in [5, 5.41) is 9.95. The molecular formula is C22H14Cl4N2O3. The third kappa shape index (κ3) is 4.49. The molecule has 2 aromatic carbocycles. The van der Waals surface area contributed by atoms with Crippen molar-refractivity contribution in [3.63, 3.8) is 0 Å². The van der Waals surface area contributed by atoms with Crippen LogP contribution in [0.4, 0.5) is 10.5 Å². The Labute approximate surface area is 198 Å². The number of benzene rings is 2. The van der Waals surface area contributed by atoms with Crippen LogP contribution in [0.25, 0.3) is 0 Å². The molecule has 2 heterocycles. The number of furan rings is 1. The van der Waals surface area contributed by atoms with Gasteiger partial charge in [-0.3, -0.25) is 4.90 Å². The van der Waals surface area contributed by atoms with Crippen LogP contribution < -0.4 is 4.90 Å². The molecule has 2 atom stereocenters. The van der Waals surface area contributed by atoms with Crippen LogP contribution in [-0.4, -0.2) is 6.09 Å². The standard InChI is InChI=1S/C22H14Cl4N2O3/c23-15-6-3-13(4-7-15)20-11-18(19-2-1-9-30-19)28(21(29)31-20)16-8-5-14(12-27)17(10-16)22(24,25)26/h1-10,18,20H,11H2. The van der Waals surface area contributed by atoms with Gasteiger partial charge in [-0.1, -0.05) is 58.5 Å². The van der Waals surface area contributed by atoms with E-state index in [4.69, 9.17) is 55.6 Å². The second kappa shape index (κ2) is 8.64. The monoisotopic (exact) mass is 494 g/mol. The van der Waals surface area contributed by atoms with Crippen LogP contribution in [0.15, 0.2) is 65.3 Å². The highest BCUT2D eigenvalue weighted by Gasteiger charge is 2.40. The fourth-order valence-corrected chi connectivity index (χ4v) is 4.16. The second-order valence-corrected chi connectivity index (χ2v) is 9.62. The highest BCUT2D eigenvalue weighted by Crippen LogP contribution is 2.45. The molecule has 5 nitrogen and oxygen atoms in total. The van der Waals surface area contributed by atoms with Gasteiger partial charge in [0, 0.05) is 22.7 Å². The first-order valence-electron chi connectivity index (χ1n) is 9.18. The average molecular weight is 496 g/mol. The smallest absolute Gasteiger partial charge is 0.415 e. The summed E-state index contributed by atoms with van der Waals surface area (Å²) >= 11 is 24.2. The van der Waals surface area contributed by atoms with Gasteiger partial charge in [0.05, 0.1) is 17.9 Å². The number of halogens is 4. The van der Waals surface area contributed by atoms with E-state index in [0.717, 1.165) is 5.56 Å². The van der Waals surface area contributed by atoms with Gasteiger partial charge in [-0.25, -0.2) is 4.79 Å². The maximum absolute atomic E-state index is 13.1. The third-order valence-corrected chi connectivity index (χ3v) is 5.87.